The molecular weight excluding hydrogens is 348 g/mol. The second kappa shape index (κ2) is 6.22. The topological polar surface area (TPSA) is 43.4 Å². The molecule has 0 bridgehead atoms. The van der Waals surface area contributed by atoms with E-state index in [2.05, 4.69) is 26.0 Å². The number of halogens is 1. The molecule has 0 aromatic carbocycles. The zero-order chi connectivity index (χ0) is 18.7. The molecule has 0 heterocycles. The molecular formula is C22H29ClO3. The Hall–Kier alpha value is -1.09. The first-order valence-electron chi connectivity index (χ1n) is 9.97. The molecule has 7 atom stereocenters. The number of alkyl halides is 1. The minimum absolute atomic E-state index is 0.00954. The van der Waals surface area contributed by atoms with E-state index in [1.54, 1.807) is 0 Å². The van der Waals surface area contributed by atoms with Gasteiger partial charge in [-0.2, -0.15) is 0 Å². The van der Waals surface area contributed by atoms with Gasteiger partial charge in [-0.15, -0.1) is 11.6 Å². The van der Waals surface area contributed by atoms with Crippen LogP contribution in [0.5, 0.6) is 0 Å². The summed E-state index contributed by atoms with van der Waals surface area (Å²) < 4.78 is 5.50. The predicted octanol–water partition coefficient (Wildman–Crippen LogP) is 4.83. The number of hydrogen-bond donors (Lipinski definition) is 0. The van der Waals surface area contributed by atoms with Crippen molar-refractivity contribution >= 4 is 23.9 Å². The monoisotopic (exact) mass is 376 g/mol. The molecule has 0 radical (unpaired) electrons. The highest BCUT2D eigenvalue weighted by atomic mass is 35.5. The lowest BCUT2D eigenvalue weighted by Gasteiger charge is -2.57. The zero-order valence-corrected chi connectivity index (χ0v) is 16.7. The van der Waals surface area contributed by atoms with Crippen LogP contribution in [0.2, 0.25) is 0 Å². The molecule has 4 rings (SSSR count). The van der Waals surface area contributed by atoms with Crippen LogP contribution in [0.4, 0.5) is 0 Å². The molecule has 0 amide bonds. The summed E-state index contributed by atoms with van der Waals surface area (Å²) in [5.74, 6) is 1.41. The van der Waals surface area contributed by atoms with Gasteiger partial charge in [0.1, 0.15) is 12.4 Å². The first kappa shape index (κ1) is 18.3. The molecule has 0 saturated heterocycles. The van der Waals surface area contributed by atoms with E-state index in [4.69, 9.17) is 16.3 Å². The average Bonchev–Trinajstić information content (AvgIpc) is 2.86. The van der Waals surface area contributed by atoms with Gasteiger partial charge in [-0.25, -0.2) is 0 Å². The lowest BCUT2D eigenvalue weighted by molar-refractivity contribution is -0.148. The van der Waals surface area contributed by atoms with Crippen molar-refractivity contribution in [3.63, 3.8) is 0 Å². The lowest BCUT2D eigenvalue weighted by atomic mass is 9.48. The van der Waals surface area contributed by atoms with E-state index >= 15 is 0 Å². The summed E-state index contributed by atoms with van der Waals surface area (Å²) in [6.07, 6.45) is 11.8. The van der Waals surface area contributed by atoms with E-state index in [9.17, 15) is 9.59 Å². The van der Waals surface area contributed by atoms with Gasteiger partial charge in [0.25, 0.3) is 0 Å². The van der Waals surface area contributed by atoms with Crippen molar-refractivity contribution < 1.29 is 14.3 Å². The SMILES string of the molecule is CC(=O)O[C@H]1CC[C@@]2(C)C(=CC[C@H]3[C@@H]4C=C(C=O)[C@H](Cl)[C@@]4(C)CC[C@@H]32)C1. The number of carbonyl (C=O) groups is 2. The fourth-order valence-electron chi connectivity index (χ4n) is 6.63. The number of rotatable bonds is 2. The number of ether oxygens (including phenoxy) is 1. The molecule has 0 aromatic heterocycles. The van der Waals surface area contributed by atoms with E-state index in [1.807, 2.05) is 0 Å². The van der Waals surface area contributed by atoms with Crippen molar-refractivity contribution in [3.05, 3.63) is 23.3 Å². The molecule has 26 heavy (non-hydrogen) atoms. The van der Waals surface area contributed by atoms with Crippen LogP contribution in [0.1, 0.15) is 59.3 Å². The minimum Gasteiger partial charge on any atom is -0.462 e. The van der Waals surface area contributed by atoms with E-state index < -0.39 is 0 Å². The van der Waals surface area contributed by atoms with Crippen LogP contribution >= 0.6 is 11.6 Å². The fourth-order valence-corrected chi connectivity index (χ4v) is 7.00. The first-order valence-corrected chi connectivity index (χ1v) is 10.4. The Kier molecular flexibility index (Phi) is 4.38. The Morgan fingerprint density at radius 1 is 1.31 bits per heavy atom. The summed E-state index contributed by atoms with van der Waals surface area (Å²) in [6.45, 7) is 6.19. The molecule has 3 nitrogen and oxygen atoms in total. The summed E-state index contributed by atoms with van der Waals surface area (Å²) in [5, 5.41) is -0.149. The van der Waals surface area contributed by atoms with Crippen molar-refractivity contribution in [3.8, 4) is 0 Å². The van der Waals surface area contributed by atoms with E-state index in [-0.39, 0.29) is 28.3 Å². The summed E-state index contributed by atoms with van der Waals surface area (Å²) in [5.41, 5.74) is 2.48. The smallest absolute Gasteiger partial charge is 0.302 e. The summed E-state index contributed by atoms with van der Waals surface area (Å²) in [7, 11) is 0. The van der Waals surface area contributed by atoms with Crippen molar-refractivity contribution in [2.75, 3.05) is 0 Å². The van der Waals surface area contributed by atoms with Crippen molar-refractivity contribution in [2.24, 2.45) is 28.6 Å². The van der Waals surface area contributed by atoms with Crippen LogP contribution in [-0.2, 0) is 14.3 Å². The highest BCUT2D eigenvalue weighted by molar-refractivity contribution is 6.25. The molecule has 0 N–H and O–H groups in total. The summed E-state index contributed by atoms with van der Waals surface area (Å²) >= 11 is 6.70. The maximum absolute atomic E-state index is 11.5. The molecule has 2 fully saturated rings. The van der Waals surface area contributed by atoms with Gasteiger partial charge in [0.2, 0.25) is 0 Å². The van der Waals surface area contributed by atoms with Crippen molar-refractivity contribution in [2.45, 2.75) is 70.8 Å². The van der Waals surface area contributed by atoms with Gasteiger partial charge in [0.15, 0.2) is 0 Å². The predicted molar refractivity (Wildman–Crippen MR) is 102 cm³/mol. The molecule has 2 saturated carbocycles. The number of allylic oxidation sites excluding steroid dienone is 3. The van der Waals surface area contributed by atoms with Crippen LogP contribution in [0.15, 0.2) is 23.3 Å². The maximum Gasteiger partial charge on any atom is 0.302 e. The van der Waals surface area contributed by atoms with Gasteiger partial charge in [0, 0.05) is 18.9 Å². The molecule has 0 aliphatic heterocycles. The molecule has 4 aliphatic rings. The summed E-state index contributed by atoms with van der Waals surface area (Å²) in [6, 6.07) is 0. The molecule has 4 heteroatoms. The zero-order valence-electron chi connectivity index (χ0n) is 16.0. The Balaban J connectivity index is 1.63. The minimum atomic E-state index is -0.174. The molecule has 4 aliphatic carbocycles. The normalized spacial score (nSPS) is 47.0. The van der Waals surface area contributed by atoms with Gasteiger partial charge in [-0.05, 0) is 60.7 Å². The number of esters is 1. The third-order valence-electron chi connectivity index (χ3n) is 8.07. The van der Waals surface area contributed by atoms with Crippen molar-refractivity contribution in [1.29, 1.82) is 0 Å². The van der Waals surface area contributed by atoms with Crippen LogP contribution in [0.25, 0.3) is 0 Å². The summed E-state index contributed by atoms with van der Waals surface area (Å²) in [4.78, 5) is 22.8. The van der Waals surface area contributed by atoms with Gasteiger partial charge in [-0.1, -0.05) is 31.6 Å². The molecule has 0 unspecified atom stereocenters. The van der Waals surface area contributed by atoms with Gasteiger partial charge < -0.3 is 4.74 Å². The number of aldehydes is 1. The van der Waals surface area contributed by atoms with Crippen LogP contribution in [-0.4, -0.2) is 23.7 Å². The number of fused-ring (bicyclic) bond motifs is 5. The number of hydrogen-bond acceptors (Lipinski definition) is 3. The van der Waals surface area contributed by atoms with Gasteiger partial charge in [-0.3, -0.25) is 9.59 Å². The Morgan fingerprint density at radius 3 is 2.77 bits per heavy atom. The Labute approximate surface area is 161 Å². The highest BCUT2D eigenvalue weighted by Gasteiger charge is 2.58. The lowest BCUT2D eigenvalue weighted by Crippen LogP contribution is -2.51. The Morgan fingerprint density at radius 2 is 2.08 bits per heavy atom. The highest BCUT2D eigenvalue weighted by Crippen LogP contribution is 2.64. The van der Waals surface area contributed by atoms with Gasteiger partial charge in [0.05, 0.1) is 5.38 Å². The maximum atomic E-state index is 11.5. The fraction of sp³-hybridized carbons (Fsp3) is 0.727. The first-order chi connectivity index (χ1) is 12.3. The Bertz CT molecular complexity index is 696. The van der Waals surface area contributed by atoms with Crippen molar-refractivity contribution in [1.82, 2.24) is 0 Å². The second-order valence-corrected chi connectivity index (χ2v) is 9.78. The second-order valence-electron chi connectivity index (χ2n) is 9.34. The van der Waals surface area contributed by atoms with Crippen LogP contribution in [0, 0.1) is 28.6 Å². The molecule has 0 spiro atoms. The van der Waals surface area contributed by atoms with Gasteiger partial charge >= 0.3 is 5.97 Å². The van der Waals surface area contributed by atoms with Crippen LogP contribution < -0.4 is 0 Å². The average molecular weight is 377 g/mol. The van der Waals surface area contributed by atoms with E-state index in [0.717, 1.165) is 44.0 Å². The largest absolute Gasteiger partial charge is 0.462 e. The van der Waals surface area contributed by atoms with Crippen LogP contribution in [0.3, 0.4) is 0 Å². The standard InChI is InChI=1S/C22H29ClO3/c1-13(25)26-16-6-8-21(2)15(11-16)4-5-17-18(21)7-9-22(3)19(17)10-14(12-24)20(22)23/h4,10,12,16-20H,5-9,11H2,1-3H3/t16-,17+,18-,19-,20-,21-,22-/m0/s1. The van der Waals surface area contributed by atoms with E-state index in [0.29, 0.717) is 17.8 Å². The number of carbonyl (C=O) groups excluding carboxylic acids is 2. The van der Waals surface area contributed by atoms with E-state index in [1.165, 1.54) is 18.9 Å². The third-order valence-corrected chi connectivity index (χ3v) is 8.82. The quantitative estimate of drug-likeness (QED) is 0.300. The molecule has 142 valence electrons. The third kappa shape index (κ3) is 2.53. The molecule has 0 aromatic rings.